The highest BCUT2D eigenvalue weighted by Crippen LogP contribution is 2.52. The summed E-state index contributed by atoms with van der Waals surface area (Å²) in [6.07, 6.45) is 0. The second-order valence-corrected chi connectivity index (χ2v) is 16.4. The van der Waals surface area contributed by atoms with Crippen LogP contribution in [0.25, 0.3) is 110 Å². The fourth-order valence-corrected chi connectivity index (χ4v) is 10.2. The summed E-state index contributed by atoms with van der Waals surface area (Å²) in [6.45, 7) is 4.75. The molecule has 0 fully saturated rings. The highest BCUT2D eigenvalue weighted by atomic mass is 16.3. The van der Waals surface area contributed by atoms with E-state index in [-0.39, 0.29) is 5.41 Å². The molecule has 58 heavy (non-hydrogen) atoms. The van der Waals surface area contributed by atoms with Crippen molar-refractivity contribution in [3.05, 3.63) is 205 Å². The van der Waals surface area contributed by atoms with Crippen molar-refractivity contribution in [2.24, 2.45) is 0 Å². The van der Waals surface area contributed by atoms with Gasteiger partial charge in [0, 0.05) is 21.8 Å². The smallest absolute Gasteiger partial charge is 0.143 e. The van der Waals surface area contributed by atoms with Crippen LogP contribution in [0.2, 0.25) is 0 Å². The molecule has 11 aromatic rings. The van der Waals surface area contributed by atoms with E-state index >= 15 is 0 Å². The first kappa shape index (κ1) is 33.0. The molecule has 0 N–H and O–H groups in total. The van der Waals surface area contributed by atoms with Crippen LogP contribution >= 0.6 is 0 Å². The molecule has 0 saturated carbocycles. The minimum Gasteiger partial charge on any atom is -0.455 e. The number of hydrogen-bond donors (Lipinski definition) is 0. The lowest BCUT2D eigenvalue weighted by atomic mass is 9.80. The summed E-state index contributed by atoms with van der Waals surface area (Å²) >= 11 is 0. The normalized spacial score (nSPS) is 13.1. The van der Waals surface area contributed by atoms with Gasteiger partial charge in [-0.25, -0.2) is 0 Å². The Kier molecular flexibility index (Phi) is 7.04. The molecule has 1 heterocycles. The third kappa shape index (κ3) is 4.77. The third-order valence-corrected chi connectivity index (χ3v) is 12.8. The topological polar surface area (TPSA) is 13.1 Å². The van der Waals surface area contributed by atoms with E-state index in [4.69, 9.17) is 4.42 Å². The highest BCUT2D eigenvalue weighted by Gasteiger charge is 2.37. The van der Waals surface area contributed by atoms with Gasteiger partial charge in [0.1, 0.15) is 11.2 Å². The molecule has 10 aromatic carbocycles. The van der Waals surface area contributed by atoms with Crippen molar-refractivity contribution in [2.75, 3.05) is 0 Å². The van der Waals surface area contributed by atoms with E-state index in [1.165, 1.54) is 88.0 Å². The van der Waals surface area contributed by atoms with Crippen LogP contribution in [-0.2, 0) is 5.41 Å². The van der Waals surface area contributed by atoms with E-state index in [1.54, 1.807) is 0 Å². The van der Waals surface area contributed by atoms with E-state index in [2.05, 4.69) is 196 Å². The fourth-order valence-electron chi connectivity index (χ4n) is 10.2. The Morgan fingerprint density at radius 3 is 1.64 bits per heavy atom. The van der Waals surface area contributed by atoms with Gasteiger partial charge in [-0.2, -0.15) is 0 Å². The molecule has 0 spiro atoms. The number of fused-ring (bicyclic) bond motifs is 10. The monoisotopic (exact) mass is 738 g/mol. The summed E-state index contributed by atoms with van der Waals surface area (Å²) in [7, 11) is 0. The van der Waals surface area contributed by atoms with Crippen LogP contribution in [0.3, 0.4) is 0 Å². The number of rotatable bonds is 4. The van der Waals surface area contributed by atoms with E-state index in [1.807, 2.05) is 12.1 Å². The minimum absolute atomic E-state index is 0.0750. The zero-order valence-corrected chi connectivity index (χ0v) is 32.4. The molecule has 0 unspecified atom stereocenters. The number of benzene rings is 10. The van der Waals surface area contributed by atoms with Crippen LogP contribution in [0.1, 0.15) is 25.0 Å². The van der Waals surface area contributed by atoms with Crippen molar-refractivity contribution in [3.63, 3.8) is 0 Å². The van der Waals surface area contributed by atoms with Crippen molar-refractivity contribution in [1.29, 1.82) is 0 Å². The molecule has 1 nitrogen and oxygen atoms in total. The number of para-hydroxylation sites is 2. The van der Waals surface area contributed by atoms with Gasteiger partial charge in [-0.05, 0) is 112 Å². The van der Waals surface area contributed by atoms with Gasteiger partial charge in [-0.15, -0.1) is 0 Å². The molecule has 0 aliphatic heterocycles. The first-order valence-corrected chi connectivity index (χ1v) is 20.3. The van der Waals surface area contributed by atoms with Gasteiger partial charge in [-0.3, -0.25) is 0 Å². The van der Waals surface area contributed by atoms with Crippen molar-refractivity contribution in [3.8, 4) is 55.6 Å². The first-order valence-electron chi connectivity index (χ1n) is 20.3. The van der Waals surface area contributed by atoms with Gasteiger partial charge < -0.3 is 4.42 Å². The van der Waals surface area contributed by atoms with E-state index < -0.39 is 0 Å². The maximum absolute atomic E-state index is 6.42. The molecule has 1 aliphatic rings. The van der Waals surface area contributed by atoms with Crippen LogP contribution in [0.4, 0.5) is 0 Å². The molecular formula is C57H38O. The third-order valence-electron chi connectivity index (χ3n) is 12.8. The lowest BCUT2D eigenvalue weighted by Crippen LogP contribution is -2.15. The van der Waals surface area contributed by atoms with Gasteiger partial charge in [-0.1, -0.05) is 190 Å². The summed E-state index contributed by atoms with van der Waals surface area (Å²) in [5.74, 6) is 0. The summed E-state index contributed by atoms with van der Waals surface area (Å²) < 4.78 is 6.42. The van der Waals surface area contributed by atoms with Crippen LogP contribution in [-0.4, -0.2) is 0 Å². The lowest BCUT2D eigenvalue weighted by Gasteiger charge is -2.23. The average molecular weight is 739 g/mol. The summed E-state index contributed by atoms with van der Waals surface area (Å²) in [5, 5.41) is 9.94. The highest BCUT2D eigenvalue weighted by molar-refractivity contribution is 6.21. The number of hydrogen-bond acceptors (Lipinski definition) is 1. The van der Waals surface area contributed by atoms with Crippen molar-refractivity contribution >= 4 is 54.3 Å². The Morgan fingerprint density at radius 1 is 0.345 bits per heavy atom. The molecule has 12 rings (SSSR count). The van der Waals surface area contributed by atoms with Gasteiger partial charge >= 0.3 is 0 Å². The maximum atomic E-state index is 6.42. The molecule has 1 heteroatoms. The largest absolute Gasteiger partial charge is 0.455 e. The van der Waals surface area contributed by atoms with Gasteiger partial charge in [0.15, 0.2) is 0 Å². The number of furan rings is 1. The Hall–Kier alpha value is -7.22. The Balaban J connectivity index is 0.985. The minimum atomic E-state index is -0.0750. The SMILES string of the molecule is CC1(C)c2ccc(-c3cccc(-c4c5ccccc5c(-c5ccc(-c6cccc7c6oc6ccccc67)cc5)c5ccccc45)c3)cc2-c2ccc3ccccc3c21. The first-order chi connectivity index (χ1) is 28.5. The summed E-state index contributed by atoms with van der Waals surface area (Å²) in [6, 6.07) is 71.4. The standard InChI is InChI=1S/C57H38O/c1-57(2)51-32-30-39(34-50(51)48-31-29-35-13-3-4-16-41(35)55(48)57)38-14-11-15-40(33-38)54-46-20-7-5-18-44(46)53(45-19-6-8-21-47(45)54)37-27-25-36(26-28-37)42-22-12-23-49-43-17-9-10-24-52(43)58-56(42)49/h3-34H,1-2H3. The quantitative estimate of drug-likeness (QED) is 0.164. The van der Waals surface area contributed by atoms with Crippen molar-refractivity contribution in [2.45, 2.75) is 19.3 Å². The molecule has 272 valence electrons. The second kappa shape index (κ2) is 12.4. The fraction of sp³-hybridized carbons (Fsp3) is 0.0526. The zero-order chi connectivity index (χ0) is 38.5. The molecule has 0 bridgehead atoms. The molecule has 0 amide bonds. The van der Waals surface area contributed by atoms with E-state index in [0.717, 1.165) is 33.1 Å². The van der Waals surface area contributed by atoms with Crippen LogP contribution in [0.5, 0.6) is 0 Å². The molecule has 0 radical (unpaired) electrons. The molecular weight excluding hydrogens is 701 g/mol. The summed E-state index contributed by atoms with van der Waals surface area (Å²) in [5.41, 5.74) is 16.9. The van der Waals surface area contributed by atoms with E-state index in [9.17, 15) is 0 Å². The van der Waals surface area contributed by atoms with E-state index in [0.29, 0.717) is 0 Å². The Morgan fingerprint density at radius 2 is 0.897 bits per heavy atom. The van der Waals surface area contributed by atoms with Crippen LogP contribution in [0, 0.1) is 0 Å². The second-order valence-electron chi connectivity index (χ2n) is 16.4. The molecule has 1 aliphatic carbocycles. The van der Waals surface area contributed by atoms with Gasteiger partial charge in [0.25, 0.3) is 0 Å². The molecule has 0 saturated heterocycles. The summed E-state index contributed by atoms with van der Waals surface area (Å²) in [4.78, 5) is 0. The lowest BCUT2D eigenvalue weighted by molar-refractivity contribution is 0.666. The molecule has 0 atom stereocenters. The average Bonchev–Trinajstić information content (AvgIpc) is 3.77. The zero-order valence-electron chi connectivity index (χ0n) is 32.4. The predicted octanol–water partition coefficient (Wildman–Crippen LogP) is 16.0. The van der Waals surface area contributed by atoms with Crippen molar-refractivity contribution in [1.82, 2.24) is 0 Å². The van der Waals surface area contributed by atoms with Crippen LogP contribution < -0.4 is 0 Å². The predicted molar refractivity (Wildman–Crippen MR) is 246 cm³/mol. The van der Waals surface area contributed by atoms with Crippen LogP contribution in [0.15, 0.2) is 199 Å². The van der Waals surface area contributed by atoms with Crippen molar-refractivity contribution < 1.29 is 4.42 Å². The Labute approximate surface area is 337 Å². The Bertz CT molecular complexity index is 3410. The maximum Gasteiger partial charge on any atom is 0.143 e. The molecule has 1 aromatic heterocycles. The van der Waals surface area contributed by atoms with Gasteiger partial charge in [0.05, 0.1) is 0 Å². The van der Waals surface area contributed by atoms with Gasteiger partial charge in [0.2, 0.25) is 0 Å².